The van der Waals surface area contributed by atoms with Crippen LogP contribution in [-0.2, 0) is 6.54 Å². The van der Waals surface area contributed by atoms with Gasteiger partial charge in [0, 0.05) is 18.4 Å². The van der Waals surface area contributed by atoms with Crippen LogP contribution in [0.1, 0.15) is 50.2 Å². The lowest BCUT2D eigenvalue weighted by atomic mass is 9.85. The summed E-state index contributed by atoms with van der Waals surface area (Å²) in [5.74, 6) is 1.57. The molecule has 5 heteroatoms. The molecule has 2 N–H and O–H groups in total. The Morgan fingerprint density at radius 3 is 2.72 bits per heavy atom. The van der Waals surface area contributed by atoms with Gasteiger partial charge in [-0.2, -0.15) is 0 Å². The van der Waals surface area contributed by atoms with E-state index >= 15 is 0 Å². The molecule has 0 amide bonds. The smallest absolute Gasteiger partial charge is 0.141 e. The average molecular weight is 362 g/mol. The van der Waals surface area contributed by atoms with E-state index < -0.39 is 5.82 Å². The van der Waals surface area contributed by atoms with Crippen molar-refractivity contribution in [3.8, 4) is 0 Å². The minimum atomic E-state index is -0.420. The van der Waals surface area contributed by atoms with Crippen molar-refractivity contribution in [1.82, 2.24) is 10.3 Å². The summed E-state index contributed by atoms with van der Waals surface area (Å²) in [6.45, 7) is 6.30. The molecule has 0 unspecified atom stereocenters. The standard InChI is InChI=1S/C20H25ClFN3/c1-13(2)17-9-20(25-16-6-7-19(22)18(21)8-16)24-12-15(17)11-23-10-14-4-3-5-14/h6-9,12-14,23H,3-5,10-11H2,1-2H3,(H,24,25). The molecule has 0 radical (unpaired) electrons. The lowest BCUT2D eigenvalue weighted by Crippen LogP contribution is -2.27. The van der Waals surface area contributed by atoms with E-state index in [0.29, 0.717) is 5.92 Å². The molecule has 0 bridgehead atoms. The molecule has 134 valence electrons. The summed E-state index contributed by atoms with van der Waals surface area (Å²) in [5, 5.41) is 6.87. The van der Waals surface area contributed by atoms with Gasteiger partial charge in [0.2, 0.25) is 0 Å². The highest BCUT2D eigenvalue weighted by Crippen LogP contribution is 2.27. The molecule has 0 spiro atoms. The first-order valence-corrected chi connectivity index (χ1v) is 9.32. The molecule has 1 aromatic heterocycles. The number of halogens is 2. The third-order valence-corrected chi connectivity index (χ3v) is 5.10. The van der Waals surface area contributed by atoms with Gasteiger partial charge < -0.3 is 10.6 Å². The number of hydrogen-bond acceptors (Lipinski definition) is 3. The molecule has 1 aromatic carbocycles. The fraction of sp³-hybridized carbons (Fsp3) is 0.450. The zero-order valence-electron chi connectivity index (χ0n) is 14.8. The van der Waals surface area contributed by atoms with Gasteiger partial charge in [0.1, 0.15) is 11.6 Å². The van der Waals surface area contributed by atoms with Crippen molar-refractivity contribution in [2.75, 3.05) is 11.9 Å². The molecule has 0 saturated heterocycles. The van der Waals surface area contributed by atoms with Crippen LogP contribution in [0.4, 0.5) is 15.9 Å². The van der Waals surface area contributed by atoms with Crippen LogP contribution < -0.4 is 10.6 Å². The van der Waals surface area contributed by atoms with Gasteiger partial charge in [-0.3, -0.25) is 0 Å². The van der Waals surface area contributed by atoms with Crippen LogP contribution in [0.3, 0.4) is 0 Å². The quantitative estimate of drug-likeness (QED) is 0.671. The Bertz CT molecular complexity index is 729. The van der Waals surface area contributed by atoms with E-state index in [1.165, 1.54) is 36.5 Å². The molecule has 0 aliphatic heterocycles. The van der Waals surface area contributed by atoms with Crippen molar-refractivity contribution < 1.29 is 4.39 Å². The Morgan fingerprint density at radius 1 is 1.28 bits per heavy atom. The van der Waals surface area contributed by atoms with Crippen LogP contribution in [-0.4, -0.2) is 11.5 Å². The van der Waals surface area contributed by atoms with Gasteiger partial charge in [-0.1, -0.05) is 31.9 Å². The second-order valence-electron chi connectivity index (χ2n) is 7.10. The minimum absolute atomic E-state index is 0.103. The fourth-order valence-corrected chi connectivity index (χ4v) is 3.26. The van der Waals surface area contributed by atoms with E-state index in [4.69, 9.17) is 11.6 Å². The van der Waals surface area contributed by atoms with Crippen LogP contribution in [0.25, 0.3) is 0 Å². The molecule has 1 heterocycles. The number of pyridine rings is 1. The van der Waals surface area contributed by atoms with Crippen molar-refractivity contribution in [3.05, 3.63) is 52.4 Å². The van der Waals surface area contributed by atoms with Crippen LogP contribution in [0, 0.1) is 11.7 Å². The van der Waals surface area contributed by atoms with Crippen molar-refractivity contribution >= 4 is 23.1 Å². The van der Waals surface area contributed by atoms with E-state index in [2.05, 4.69) is 35.5 Å². The predicted molar refractivity (Wildman–Crippen MR) is 102 cm³/mol. The third-order valence-electron chi connectivity index (χ3n) is 4.81. The molecule has 3 nitrogen and oxygen atoms in total. The molecule has 1 aliphatic carbocycles. The zero-order chi connectivity index (χ0) is 17.8. The van der Waals surface area contributed by atoms with Crippen LogP contribution >= 0.6 is 11.6 Å². The van der Waals surface area contributed by atoms with Gasteiger partial charge in [-0.05, 0) is 66.6 Å². The SMILES string of the molecule is CC(C)c1cc(Nc2ccc(F)c(Cl)c2)ncc1CNCC1CCC1. The van der Waals surface area contributed by atoms with Gasteiger partial charge >= 0.3 is 0 Å². The highest BCUT2D eigenvalue weighted by molar-refractivity contribution is 6.31. The molecule has 1 aliphatic rings. The molecule has 2 aromatic rings. The summed E-state index contributed by atoms with van der Waals surface area (Å²) in [6.07, 6.45) is 6.01. The first-order valence-electron chi connectivity index (χ1n) is 8.94. The number of nitrogens with one attached hydrogen (secondary N) is 2. The largest absolute Gasteiger partial charge is 0.340 e. The van der Waals surface area contributed by atoms with Crippen LogP contribution in [0.2, 0.25) is 5.02 Å². The zero-order valence-corrected chi connectivity index (χ0v) is 15.5. The van der Waals surface area contributed by atoms with Gasteiger partial charge in [0.25, 0.3) is 0 Å². The van der Waals surface area contributed by atoms with Crippen molar-refractivity contribution in [1.29, 1.82) is 0 Å². The maximum atomic E-state index is 13.3. The Kier molecular flexibility index (Phi) is 5.92. The highest BCUT2D eigenvalue weighted by atomic mass is 35.5. The maximum Gasteiger partial charge on any atom is 0.141 e. The van der Waals surface area contributed by atoms with E-state index in [9.17, 15) is 4.39 Å². The molecule has 3 rings (SSSR count). The molecule has 1 saturated carbocycles. The van der Waals surface area contributed by atoms with E-state index in [1.807, 2.05) is 6.20 Å². The average Bonchev–Trinajstić information content (AvgIpc) is 2.54. The summed E-state index contributed by atoms with van der Waals surface area (Å²) >= 11 is 5.84. The van der Waals surface area contributed by atoms with Gasteiger partial charge in [-0.15, -0.1) is 0 Å². The maximum absolute atomic E-state index is 13.3. The van der Waals surface area contributed by atoms with Crippen molar-refractivity contribution in [2.24, 2.45) is 5.92 Å². The second-order valence-corrected chi connectivity index (χ2v) is 7.51. The lowest BCUT2D eigenvalue weighted by molar-refractivity contribution is 0.301. The van der Waals surface area contributed by atoms with Crippen LogP contribution in [0.15, 0.2) is 30.5 Å². The monoisotopic (exact) mass is 361 g/mol. The summed E-state index contributed by atoms with van der Waals surface area (Å²) < 4.78 is 13.3. The molecular weight excluding hydrogens is 337 g/mol. The summed E-state index contributed by atoms with van der Waals surface area (Å²) in [5.41, 5.74) is 3.23. The topological polar surface area (TPSA) is 37.0 Å². The third kappa shape index (κ3) is 4.71. The second kappa shape index (κ2) is 8.15. The summed E-state index contributed by atoms with van der Waals surface area (Å²) in [6, 6.07) is 6.66. The van der Waals surface area contributed by atoms with E-state index in [0.717, 1.165) is 30.5 Å². The Hall–Kier alpha value is -1.65. The summed E-state index contributed by atoms with van der Waals surface area (Å²) in [4.78, 5) is 4.51. The fourth-order valence-electron chi connectivity index (χ4n) is 3.08. The first-order chi connectivity index (χ1) is 12.0. The molecular formula is C20H25ClFN3. The lowest BCUT2D eigenvalue weighted by Gasteiger charge is -2.25. The number of benzene rings is 1. The number of nitrogens with zero attached hydrogens (tertiary/aromatic N) is 1. The minimum Gasteiger partial charge on any atom is -0.340 e. The molecule has 25 heavy (non-hydrogen) atoms. The number of aromatic nitrogens is 1. The van der Waals surface area contributed by atoms with Gasteiger partial charge in [0.15, 0.2) is 0 Å². The van der Waals surface area contributed by atoms with Crippen molar-refractivity contribution in [2.45, 2.75) is 45.6 Å². The van der Waals surface area contributed by atoms with Gasteiger partial charge in [0.05, 0.1) is 5.02 Å². The molecule has 1 fully saturated rings. The number of hydrogen-bond donors (Lipinski definition) is 2. The van der Waals surface area contributed by atoms with Gasteiger partial charge in [-0.25, -0.2) is 9.37 Å². The predicted octanol–water partition coefficient (Wildman–Crippen LogP) is 5.63. The van der Waals surface area contributed by atoms with Crippen molar-refractivity contribution in [3.63, 3.8) is 0 Å². The first kappa shape index (κ1) is 18.2. The van der Waals surface area contributed by atoms with E-state index in [1.54, 1.807) is 12.1 Å². The highest BCUT2D eigenvalue weighted by Gasteiger charge is 2.17. The van der Waals surface area contributed by atoms with E-state index in [-0.39, 0.29) is 5.02 Å². The number of anilines is 2. The Labute approximate surface area is 154 Å². The number of rotatable bonds is 7. The summed E-state index contributed by atoms with van der Waals surface area (Å²) in [7, 11) is 0. The Morgan fingerprint density at radius 2 is 2.08 bits per heavy atom. The normalized spacial score (nSPS) is 14.6. The molecule has 0 atom stereocenters. The Balaban J connectivity index is 1.69. The van der Waals surface area contributed by atoms with Crippen LogP contribution in [0.5, 0.6) is 0 Å².